The minimum atomic E-state index is -4.73. The highest BCUT2D eigenvalue weighted by molar-refractivity contribution is 6.30. The van der Waals surface area contributed by atoms with Gasteiger partial charge in [-0.25, -0.2) is 15.0 Å². The lowest BCUT2D eigenvalue weighted by Crippen LogP contribution is -2.16. The zero-order valence-corrected chi connectivity index (χ0v) is 16.6. The summed E-state index contributed by atoms with van der Waals surface area (Å²) in [6, 6.07) is 10.5. The van der Waals surface area contributed by atoms with Crippen LogP contribution in [0.1, 0.15) is 16.2 Å². The average molecular weight is 448 g/mol. The van der Waals surface area contributed by atoms with E-state index < -0.39 is 17.9 Å². The summed E-state index contributed by atoms with van der Waals surface area (Å²) in [5.74, 6) is -1.28. The third-order valence-corrected chi connectivity index (χ3v) is 4.58. The number of alkyl halides is 3. The number of anilines is 1. The molecule has 0 atom stereocenters. The first-order chi connectivity index (χ1) is 14.8. The number of ether oxygens (including phenoxy) is 1. The summed E-state index contributed by atoms with van der Waals surface area (Å²) in [5, 5.41) is 3.01. The van der Waals surface area contributed by atoms with E-state index in [1.165, 1.54) is 43.6 Å². The highest BCUT2D eigenvalue weighted by atomic mass is 35.5. The number of hydrogen-bond acceptors (Lipinski definition) is 5. The van der Waals surface area contributed by atoms with Crippen LogP contribution in [0, 0.1) is 0 Å². The summed E-state index contributed by atoms with van der Waals surface area (Å²) in [4.78, 5) is 24.0. The fourth-order valence-electron chi connectivity index (χ4n) is 2.90. The molecular formula is C20H13ClF3N5O2. The number of amides is 1. The Morgan fingerprint density at radius 3 is 2.45 bits per heavy atom. The molecule has 0 bridgehead atoms. The summed E-state index contributed by atoms with van der Waals surface area (Å²) in [7, 11) is 1.41. The highest BCUT2D eigenvalue weighted by Gasteiger charge is 2.38. The van der Waals surface area contributed by atoms with Gasteiger partial charge >= 0.3 is 6.18 Å². The van der Waals surface area contributed by atoms with Crippen molar-refractivity contribution in [2.75, 3.05) is 12.4 Å². The monoisotopic (exact) mass is 447 g/mol. The smallest absolute Gasteiger partial charge is 0.450 e. The zero-order chi connectivity index (χ0) is 22.2. The second kappa shape index (κ2) is 7.88. The van der Waals surface area contributed by atoms with Gasteiger partial charge in [-0.1, -0.05) is 11.6 Å². The van der Waals surface area contributed by atoms with Crippen molar-refractivity contribution in [2.45, 2.75) is 6.18 Å². The number of hydrogen-bond donors (Lipinski definition) is 1. The Kier molecular flexibility index (Phi) is 5.24. The lowest BCUT2D eigenvalue weighted by atomic mass is 10.2. The largest absolute Gasteiger partial charge is 0.497 e. The SMILES string of the molecule is COc1ccc2c(c1)nc(C(F)(F)F)n2-c1cnc(NC(=O)c2ccc(Cl)cc2)cn1. The van der Waals surface area contributed by atoms with Crippen molar-refractivity contribution in [3.63, 3.8) is 0 Å². The number of methoxy groups -OCH3 is 1. The van der Waals surface area contributed by atoms with Crippen LogP contribution in [0.3, 0.4) is 0 Å². The van der Waals surface area contributed by atoms with Crippen molar-refractivity contribution >= 4 is 34.4 Å². The van der Waals surface area contributed by atoms with E-state index in [0.29, 0.717) is 16.3 Å². The van der Waals surface area contributed by atoms with E-state index in [1.54, 1.807) is 12.1 Å². The number of carbonyl (C=O) groups is 1. The molecular weight excluding hydrogens is 435 g/mol. The molecule has 1 N–H and O–H groups in total. The Morgan fingerprint density at radius 2 is 1.84 bits per heavy atom. The molecule has 0 aliphatic rings. The molecule has 0 radical (unpaired) electrons. The predicted molar refractivity (Wildman–Crippen MR) is 108 cm³/mol. The van der Waals surface area contributed by atoms with Gasteiger partial charge in [0.05, 0.1) is 30.5 Å². The molecule has 0 saturated carbocycles. The Balaban J connectivity index is 1.68. The quantitative estimate of drug-likeness (QED) is 0.488. The lowest BCUT2D eigenvalue weighted by Gasteiger charge is -2.11. The van der Waals surface area contributed by atoms with Gasteiger partial charge in [-0.05, 0) is 36.4 Å². The number of nitrogens with one attached hydrogen (secondary N) is 1. The van der Waals surface area contributed by atoms with E-state index in [1.807, 2.05) is 0 Å². The Bertz CT molecular complexity index is 1260. The van der Waals surface area contributed by atoms with Crippen molar-refractivity contribution in [2.24, 2.45) is 0 Å². The van der Waals surface area contributed by atoms with E-state index in [-0.39, 0.29) is 22.7 Å². The van der Waals surface area contributed by atoms with Crippen molar-refractivity contribution in [1.82, 2.24) is 19.5 Å². The summed E-state index contributed by atoms with van der Waals surface area (Å²) in [5.41, 5.74) is 0.609. The summed E-state index contributed by atoms with van der Waals surface area (Å²) in [6.07, 6.45) is -2.44. The minimum Gasteiger partial charge on any atom is -0.497 e. The molecule has 158 valence electrons. The van der Waals surface area contributed by atoms with Gasteiger partial charge in [0.2, 0.25) is 5.82 Å². The zero-order valence-electron chi connectivity index (χ0n) is 15.8. The van der Waals surface area contributed by atoms with Crippen molar-refractivity contribution in [1.29, 1.82) is 0 Å². The number of nitrogens with zero attached hydrogens (tertiary/aromatic N) is 4. The number of rotatable bonds is 4. The van der Waals surface area contributed by atoms with Crippen LogP contribution in [0.15, 0.2) is 54.9 Å². The van der Waals surface area contributed by atoms with Crippen LogP contribution in [-0.2, 0) is 6.18 Å². The number of benzene rings is 2. The van der Waals surface area contributed by atoms with Crippen LogP contribution in [0.2, 0.25) is 5.02 Å². The molecule has 1 amide bonds. The topological polar surface area (TPSA) is 81.9 Å². The third-order valence-electron chi connectivity index (χ3n) is 4.33. The minimum absolute atomic E-state index is 0.0725. The number of fused-ring (bicyclic) bond motifs is 1. The maximum Gasteiger partial charge on any atom is 0.450 e. The van der Waals surface area contributed by atoms with Gasteiger partial charge in [0.15, 0.2) is 11.6 Å². The summed E-state index contributed by atoms with van der Waals surface area (Å²) >= 11 is 5.80. The molecule has 0 saturated heterocycles. The fourth-order valence-corrected chi connectivity index (χ4v) is 3.03. The molecule has 4 aromatic rings. The molecule has 0 spiro atoms. The molecule has 2 aromatic heterocycles. The Labute approximate surface area is 178 Å². The van der Waals surface area contributed by atoms with Gasteiger partial charge in [-0.2, -0.15) is 13.2 Å². The van der Waals surface area contributed by atoms with Crippen LogP contribution < -0.4 is 10.1 Å². The molecule has 4 rings (SSSR count). The van der Waals surface area contributed by atoms with Crippen LogP contribution in [0.4, 0.5) is 19.0 Å². The maximum atomic E-state index is 13.6. The van der Waals surface area contributed by atoms with Gasteiger partial charge in [0.25, 0.3) is 5.91 Å². The van der Waals surface area contributed by atoms with Crippen LogP contribution in [0.5, 0.6) is 5.75 Å². The molecule has 0 aliphatic carbocycles. The fraction of sp³-hybridized carbons (Fsp3) is 0.100. The Hall–Kier alpha value is -3.66. The maximum absolute atomic E-state index is 13.6. The van der Waals surface area contributed by atoms with Crippen molar-refractivity contribution < 1.29 is 22.7 Å². The van der Waals surface area contributed by atoms with Crippen LogP contribution in [-0.4, -0.2) is 32.5 Å². The summed E-state index contributed by atoms with van der Waals surface area (Å²) in [6.45, 7) is 0. The van der Waals surface area contributed by atoms with E-state index >= 15 is 0 Å². The normalized spacial score (nSPS) is 11.5. The molecule has 2 aromatic carbocycles. The van der Waals surface area contributed by atoms with E-state index in [0.717, 1.165) is 10.8 Å². The van der Waals surface area contributed by atoms with Gasteiger partial charge in [0, 0.05) is 16.7 Å². The molecule has 0 fully saturated rings. The van der Waals surface area contributed by atoms with Gasteiger partial charge in [-0.15, -0.1) is 0 Å². The first kappa shape index (κ1) is 20.6. The highest BCUT2D eigenvalue weighted by Crippen LogP contribution is 2.34. The van der Waals surface area contributed by atoms with Gasteiger partial charge in [-0.3, -0.25) is 9.36 Å². The molecule has 7 nitrogen and oxygen atoms in total. The molecule has 2 heterocycles. The van der Waals surface area contributed by atoms with E-state index in [9.17, 15) is 18.0 Å². The number of imidazole rings is 1. The van der Waals surface area contributed by atoms with Crippen LogP contribution >= 0.6 is 11.6 Å². The van der Waals surface area contributed by atoms with E-state index in [4.69, 9.17) is 16.3 Å². The molecule has 0 aliphatic heterocycles. The summed E-state index contributed by atoms with van der Waals surface area (Å²) < 4.78 is 46.7. The standard InChI is InChI=1S/C20H13ClF3N5O2/c1-31-13-6-7-15-14(8-13)27-19(20(22,23)24)29(15)17-10-25-16(9-26-17)28-18(30)11-2-4-12(21)5-3-11/h2-10H,1H3,(H,25,28,30). The Morgan fingerprint density at radius 1 is 1.10 bits per heavy atom. The van der Waals surface area contributed by atoms with E-state index in [2.05, 4.69) is 20.3 Å². The van der Waals surface area contributed by atoms with Crippen molar-refractivity contribution in [3.8, 4) is 11.6 Å². The molecule has 0 unspecified atom stereocenters. The van der Waals surface area contributed by atoms with Gasteiger partial charge < -0.3 is 10.1 Å². The van der Waals surface area contributed by atoms with Gasteiger partial charge in [0.1, 0.15) is 5.75 Å². The second-order valence-corrected chi connectivity index (χ2v) is 6.78. The predicted octanol–water partition coefficient (Wildman–Crippen LogP) is 4.75. The number of carbonyl (C=O) groups excluding carboxylic acids is 1. The third kappa shape index (κ3) is 4.15. The van der Waals surface area contributed by atoms with Crippen LogP contribution in [0.25, 0.3) is 16.9 Å². The first-order valence-corrected chi connectivity index (χ1v) is 9.17. The average Bonchev–Trinajstić information content (AvgIpc) is 3.14. The second-order valence-electron chi connectivity index (χ2n) is 6.34. The first-order valence-electron chi connectivity index (χ1n) is 8.79. The molecule has 11 heteroatoms. The molecule has 31 heavy (non-hydrogen) atoms. The number of aromatic nitrogens is 4. The lowest BCUT2D eigenvalue weighted by molar-refractivity contribution is -0.145. The van der Waals surface area contributed by atoms with Crippen molar-refractivity contribution in [3.05, 3.63) is 71.3 Å². The number of halogens is 4.